The molecule has 2 aliphatic heterocycles. The number of primary amides is 1. The molecule has 2 fully saturated rings. The molecule has 3 rings (SSSR count). The van der Waals surface area contributed by atoms with Crippen LogP contribution in [0.1, 0.15) is 70.8 Å². The van der Waals surface area contributed by atoms with Crippen LogP contribution in [-0.4, -0.2) is 91.0 Å². The van der Waals surface area contributed by atoms with Gasteiger partial charge in [-0.15, -0.1) is 0 Å². The van der Waals surface area contributed by atoms with Crippen LogP contribution < -0.4 is 21.7 Å². The van der Waals surface area contributed by atoms with Crippen molar-refractivity contribution in [3.8, 4) is 0 Å². The summed E-state index contributed by atoms with van der Waals surface area (Å²) in [7, 11) is 1.23. The van der Waals surface area contributed by atoms with Crippen LogP contribution in [0.3, 0.4) is 0 Å². The van der Waals surface area contributed by atoms with E-state index in [2.05, 4.69) is 16.0 Å². The minimum atomic E-state index is -1.27. The van der Waals surface area contributed by atoms with Crippen LogP contribution in [0.25, 0.3) is 0 Å². The molecule has 4 atom stereocenters. The second-order valence-corrected chi connectivity index (χ2v) is 12.4. The predicted molar refractivity (Wildman–Crippen MR) is 175 cm³/mol. The van der Waals surface area contributed by atoms with Crippen LogP contribution in [-0.2, 0) is 49.6 Å². The fraction of sp³-hybridized carbons (Fsp3) is 0.559. The Labute approximate surface area is 285 Å². The lowest BCUT2D eigenvalue weighted by Crippen LogP contribution is -2.57. The average molecular weight is 686 g/mol. The van der Waals surface area contributed by atoms with Gasteiger partial charge >= 0.3 is 18.0 Å². The number of benzene rings is 1. The van der Waals surface area contributed by atoms with E-state index in [1.807, 2.05) is 19.9 Å². The Morgan fingerprint density at radius 3 is 2.39 bits per heavy atom. The van der Waals surface area contributed by atoms with Crippen LogP contribution in [0, 0.1) is 5.92 Å². The first-order valence-corrected chi connectivity index (χ1v) is 16.5. The van der Waals surface area contributed by atoms with Crippen molar-refractivity contribution in [3.63, 3.8) is 0 Å². The van der Waals surface area contributed by atoms with Gasteiger partial charge in [0.15, 0.2) is 0 Å². The van der Waals surface area contributed by atoms with E-state index in [0.29, 0.717) is 31.3 Å². The molecule has 1 aromatic rings. The zero-order chi connectivity index (χ0) is 35.9. The molecule has 0 unspecified atom stereocenters. The summed E-state index contributed by atoms with van der Waals surface area (Å²) in [5, 5.41) is 7.88. The summed E-state index contributed by atoms with van der Waals surface area (Å²) in [6, 6.07) is 4.62. The molecule has 2 heterocycles. The van der Waals surface area contributed by atoms with E-state index in [1.165, 1.54) is 12.0 Å². The maximum atomic E-state index is 13.9. The Balaban J connectivity index is 1.76. The number of hydrogen-bond acceptors (Lipinski definition) is 10. The molecule has 0 saturated carbocycles. The lowest BCUT2D eigenvalue weighted by Gasteiger charge is -2.30. The molecule has 5 N–H and O–H groups in total. The van der Waals surface area contributed by atoms with Gasteiger partial charge < -0.3 is 40.8 Å². The quantitative estimate of drug-likeness (QED) is 0.105. The van der Waals surface area contributed by atoms with Crippen LogP contribution in [0.2, 0.25) is 0 Å². The summed E-state index contributed by atoms with van der Waals surface area (Å²) in [6.45, 7) is 4.19. The van der Waals surface area contributed by atoms with Crippen molar-refractivity contribution in [1.29, 1.82) is 0 Å². The van der Waals surface area contributed by atoms with Crippen molar-refractivity contribution in [2.75, 3.05) is 20.3 Å². The molecule has 2 saturated heterocycles. The number of cyclic esters (lactones) is 1. The van der Waals surface area contributed by atoms with E-state index in [4.69, 9.17) is 19.9 Å². The number of esters is 2. The maximum Gasteiger partial charge on any atom is 0.408 e. The average Bonchev–Trinajstić information content (AvgIpc) is 3.73. The number of amides is 5. The molecule has 15 heteroatoms. The Kier molecular flexibility index (Phi) is 15.0. The molecule has 0 radical (unpaired) electrons. The lowest BCUT2D eigenvalue weighted by molar-refractivity contribution is -0.147. The van der Waals surface area contributed by atoms with Crippen molar-refractivity contribution in [1.82, 2.24) is 20.9 Å². The summed E-state index contributed by atoms with van der Waals surface area (Å²) in [5.41, 5.74) is 6.57. The predicted octanol–water partition coefficient (Wildman–Crippen LogP) is 1.38. The van der Waals surface area contributed by atoms with Crippen molar-refractivity contribution < 1.29 is 47.8 Å². The number of rotatable bonds is 17. The topological polar surface area (TPSA) is 213 Å². The first kappa shape index (κ1) is 38.5. The number of allylic oxidation sites excluding steroid dienone is 1. The molecule has 49 heavy (non-hydrogen) atoms. The molecule has 1 aromatic carbocycles. The number of likely N-dealkylation sites (tertiary alicyclic amines) is 1. The van der Waals surface area contributed by atoms with E-state index in [0.717, 1.165) is 5.56 Å². The van der Waals surface area contributed by atoms with Gasteiger partial charge in [-0.05, 0) is 50.0 Å². The van der Waals surface area contributed by atoms with Crippen LogP contribution >= 0.6 is 0 Å². The third-order valence-electron chi connectivity index (χ3n) is 8.18. The molecule has 15 nitrogen and oxygen atoms in total. The van der Waals surface area contributed by atoms with Crippen molar-refractivity contribution >= 4 is 41.7 Å². The zero-order valence-corrected chi connectivity index (χ0v) is 28.2. The molecule has 2 aliphatic rings. The molecule has 0 spiro atoms. The van der Waals surface area contributed by atoms with Crippen LogP contribution in [0.4, 0.5) is 4.79 Å². The van der Waals surface area contributed by atoms with Gasteiger partial charge in [-0.1, -0.05) is 50.3 Å². The summed E-state index contributed by atoms with van der Waals surface area (Å²) < 4.78 is 15.1. The molecular formula is C34H47N5O10. The summed E-state index contributed by atoms with van der Waals surface area (Å²) in [6.07, 6.45) is 2.17. The number of nitrogens with two attached hydrogens (primary N) is 1. The third-order valence-corrected chi connectivity index (χ3v) is 8.18. The van der Waals surface area contributed by atoms with Gasteiger partial charge in [0.1, 0.15) is 30.8 Å². The van der Waals surface area contributed by atoms with Crippen LogP contribution in [0.15, 0.2) is 42.0 Å². The zero-order valence-electron chi connectivity index (χ0n) is 28.2. The van der Waals surface area contributed by atoms with Crippen molar-refractivity contribution in [2.24, 2.45) is 11.7 Å². The Morgan fingerprint density at radius 1 is 1.02 bits per heavy atom. The molecule has 0 aliphatic carbocycles. The molecular weight excluding hydrogens is 638 g/mol. The number of ether oxygens (including phenoxy) is 3. The summed E-state index contributed by atoms with van der Waals surface area (Å²) >= 11 is 0. The van der Waals surface area contributed by atoms with Gasteiger partial charge in [0.2, 0.25) is 23.6 Å². The van der Waals surface area contributed by atoms with Gasteiger partial charge in [-0.3, -0.25) is 19.2 Å². The van der Waals surface area contributed by atoms with Crippen molar-refractivity contribution in [2.45, 2.75) is 96.0 Å². The van der Waals surface area contributed by atoms with E-state index < -0.39 is 65.8 Å². The minimum Gasteiger partial charge on any atom is -0.467 e. The second kappa shape index (κ2) is 19.1. The first-order chi connectivity index (χ1) is 23.4. The molecule has 0 bridgehead atoms. The smallest absolute Gasteiger partial charge is 0.408 e. The van der Waals surface area contributed by atoms with Gasteiger partial charge in [-0.25, -0.2) is 14.4 Å². The van der Waals surface area contributed by atoms with E-state index in [1.54, 1.807) is 30.3 Å². The number of hydrogen-bond donors (Lipinski definition) is 4. The Morgan fingerprint density at radius 2 is 1.76 bits per heavy atom. The molecule has 0 aromatic heterocycles. The Bertz CT molecular complexity index is 1380. The van der Waals surface area contributed by atoms with Gasteiger partial charge in [0, 0.05) is 25.0 Å². The monoisotopic (exact) mass is 685 g/mol. The maximum absolute atomic E-state index is 13.9. The number of alkyl carbamates (subject to hydrolysis) is 1. The normalized spacial score (nSPS) is 18.3. The highest BCUT2D eigenvalue weighted by Crippen LogP contribution is 2.21. The van der Waals surface area contributed by atoms with E-state index in [-0.39, 0.29) is 51.4 Å². The van der Waals surface area contributed by atoms with E-state index >= 15 is 0 Å². The Hall–Kier alpha value is -4.95. The number of carbonyl (C=O) groups excluding carboxylic acids is 7. The summed E-state index contributed by atoms with van der Waals surface area (Å²) in [5.74, 6) is -3.58. The number of nitrogens with one attached hydrogen (secondary N) is 3. The van der Waals surface area contributed by atoms with E-state index in [9.17, 15) is 33.6 Å². The third kappa shape index (κ3) is 12.2. The largest absolute Gasteiger partial charge is 0.467 e. The summed E-state index contributed by atoms with van der Waals surface area (Å²) in [4.78, 5) is 91.0. The van der Waals surface area contributed by atoms with Crippen molar-refractivity contribution in [3.05, 3.63) is 47.5 Å². The fourth-order valence-electron chi connectivity index (χ4n) is 5.65. The minimum absolute atomic E-state index is 0.0410. The van der Waals surface area contributed by atoms with Gasteiger partial charge in [0.25, 0.3) is 0 Å². The molecule has 268 valence electrons. The highest BCUT2D eigenvalue weighted by Gasteiger charge is 2.39. The van der Waals surface area contributed by atoms with Gasteiger partial charge in [-0.2, -0.15) is 0 Å². The highest BCUT2D eigenvalue weighted by atomic mass is 16.5. The first-order valence-electron chi connectivity index (χ1n) is 16.5. The number of methoxy groups -OCH3 is 1. The number of nitrogens with zero attached hydrogens (tertiary/aromatic N) is 1. The number of carbonyl (C=O) groups is 7. The highest BCUT2D eigenvalue weighted by molar-refractivity contribution is 5.95. The SMILES string of the molecule is COC(=O)[C@H](CC(C)C)NC(=O)[C@@H]1CCCN1C(=O)[C@H](CCC(N)=O)NC(=O)[C@H](CC/C=C1\CCOC1=O)NC(=O)OCc1ccccc1. The second-order valence-electron chi connectivity index (χ2n) is 12.4. The molecule has 5 amide bonds. The van der Waals surface area contributed by atoms with Crippen LogP contribution in [0.5, 0.6) is 0 Å². The van der Waals surface area contributed by atoms with Gasteiger partial charge in [0.05, 0.1) is 13.7 Å². The fourth-order valence-corrected chi connectivity index (χ4v) is 5.65. The lowest BCUT2D eigenvalue weighted by atomic mass is 10.0. The standard InChI is InChI=1S/C34H47N5O10/c1-21(2)19-26(33(45)47-3)37-30(42)27-13-8-17-39(27)31(43)25(14-15-28(35)40)36-29(41)24(12-7-11-23-16-18-48-32(23)44)38-34(46)49-20-22-9-5-4-6-10-22/h4-6,9-11,21,24-27H,7-8,12-20H2,1-3H3,(H2,35,40)(H,36,41)(H,37,42)(H,38,46)/b23-11+/t24-,25-,26-,27-/m0/s1.